The molecular weight excluding hydrogens is 288 g/mol. The summed E-state index contributed by atoms with van der Waals surface area (Å²) in [5, 5.41) is 3.26. The molecule has 2 aromatic heterocycles. The Hall–Kier alpha value is -2.40. The lowest BCUT2D eigenvalue weighted by Crippen LogP contribution is -2.17. The predicted molar refractivity (Wildman–Crippen MR) is 82.6 cm³/mol. The second-order valence-electron chi connectivity index (χ2n) is 4.48. The van der Waals surface area contributed by atoms with E-state index in [1.807, 2.05) is 35.8 Å². The van der Waals surface area contributed by atoms with Gasteiger partial charge in [-0.05, 0) is 31.2 Å². The Balaban J connectivity index is 1.96. The average molecular weight is 301 g/mol. The predicted octanol–water partition coefficient (Wildman–Crippen LogP) is 3.36. The smallest absolute Gasteiger partial charge is 0.276 e. The molecule has 0 aliphatic rings. The zero-order chi connectivity index (χ0) is 14.8. The minimum atomic E-state index is -0.331. The van der Waals surface area contributed by atoms with E-state index in [4.69, 9.17) is 11.6 Å². The van der Waals surface area contributed by atoms with Crippen LogP contribution in [-0.4, -0.2) is 20.4 Å². The van der Waals surface area contributed by atoms with Crippen LogP contribution in [0.1, 0.15) is 17.4 Å². The molecule has 0 atom stereocenters. The number of hydrogen-bond acceptors (Lipinski definition) is 3. The third-order valence-electron chi connectivity index (χ3n) is 3.15. The number of nitrogens with one attached hydrogen (secondary N) is 1. The Morgan fingerprint density at radius 2 is 2.14 bits per heavy atom. The van der Waals surface area contributed by atoms with Gasteiger partial charge in [-0.1, -0.05) is 23.7 Å². The number of carbonyl (C=O) groups is 1. The van der Waals surface area contributed by atoms with Crippen molar-refractivity contribution in [2.45, 2.75) is 13.5 Å². The molecule has 0 radical (unpaired) electrons. The summed E-state index contributed by atoms with van der Waals surface area (Å²) >= 11 is 5.87. The van der Waals surface area contributed by atoms with Gasteiger partial charge in [0.25, 0.3) is 5.91 Å². The molecule has 0 unspecified atom stereocenters. The molecule has 0 aliphatic carbocycles. The molecule has 0 fully saturated rings. The lowest BCUT2D eigenvalue weighted by atomic mass is 10.3. The molecule has 0 saturated carbocycles. The van der Waals surface area contributed by atoms with Crippen molar-refractivity contribution < 1.29 is 4.79 Å². The summed E-state index contributed by atoms with van der Waals surface area (Å²) < 4.78 is 1.94. The van der Waals surface area contributed by atoms with E-state index in [0.29, 0.717) is 17.5 Å². The minimum absolute atomic E-state index is 0.261. The second kappa shape index (κ2) is 5.54. The number of hydrogen-bond donors (Lipinski definition) is 1. The first-order valence-electron chi connectivity index (χ1n) is 6.57. The highest BCUT2D eigenvalue weighted by atomic mass is 35.5. The molecule has 3 aromatic rings. The number of benzene rings is 1. The van der Waals surface area contributed by atoms with Crippen LogP contribution in [0.4, 0.5) is 5.95 Å². The highest BCUT2D eigenvalue weighted by Crippen LogP contribution is 2.20. The molecule has 0 aliphatic heterocycles. The van der Waals surface area contributed by atoms with Crippen LogP contribution in [0, 0.1) is 0 Å². The van der Waals surface area contributed by atoms with Crippen molar-refractivity contribution in [3.8, 4) is 0 Å². The van der Waals surface area contributed by atoms with E-state index < -0.39 is 0 Å². The molecule has 3 rings (SSSR count). The van der Waals surface area contributed by atoms with E-state index in [1.54, 1.807) is 6.07 Å². The van der Waals surface area contributed by atoms with Crippen molar-refractivity contribution >= 4 is 34.5 Å². The molecular formula is C15H13ClN4O. The number of para-hydroxylation sites is 2. The molecule has 1 amide bonds. The van der Waals surface area contributed by atoms with Gasteiger partial charge in [0.15, 0.2) is 0 Å². The van der Waals surface area contributed by atoms with Crippen LogP contribution >= 0.6 is 11.6 Å². The summed E-state index contributed by atoms with van der Waals surface area (Å²) in [5.74, 6) is 0.174. The fraction of sp³-hybridized carbons (Fsp3) is 0.133. The number of aryl methyl sites for hydroxylation is 1. The van der Waals surface area contributed by atoms with Crippen LogP contribution < -0.4 is 5.32 Å². The number of imidazole rings is 1. The Morgan fingerprint density at radius 3 is 2.90 bits per heavy atom. The first-order chi connectivity index (χ1) is 10.2. The monoisotopic (exact) mass is 300 g/mol. The van der Waals surface area contributed by atoms with Crippen LogP contribution in [0.2, 0.25) is 5.02 Å². The topological polar surface area (TPSA) is 59.8 Å². The summed E-state index contributed by atoms with van der Waals surface area (Å²) in [7, 11) is 0. The normalized spacial score (nSPS) is 10.8. The Morgan fingerprint density at radius 1 is 1.33 bits per heavy atom. The molecule has 0 saturated heterocycles. The van der Waals surface area contributed by atoms with Gasteiger partial charge in [0.05, 0.1) is 11.0 Å². The van der Waals surface area contributed by atoms with Crippen molar-refractivity contribution in [3.63, 3.8) is 0 Å². The summed E-state index contributed by atoms with van der Waals surface area (Å²) in [6.45, 7) is 2.71. The number of pyridine rings is 1. The Kier molecular flexibility index (Phi) is 3.58. The molecule has 5 nitrogen and oxygen atoms in total. The Labute approximate surface area is 126 Å². The second-order valence-corrected chi connectivity index (χ2v) is 4.92. The van der Waals surface area contributed by atoms with Crippen molar-refractivity contribution in [1.82, 2.24) is 14.5 Å². The largest absolute Gasteiger partial charge is 0.310 e. The maximum atomic E-state index is 12.2. The Bertz CT molecular complexity index is 812. The molecule has 21 heavy (non-hydrogen) atoms. The lowest BCUT2D eigenvalue weighted by molar-refractivity contribution is 0.102. The van der Waals surface area contributed by atoms with Crippen molar-refractivity contribution in [2.75, 3.05) is 5.32 Å². The van der Waals surface area contributed by atoms with Gasteiger partial charge in [-0.2, -0.15) is 0 Å². The number of nitrogens with zero attached hydrogens (tertiary/aromatic N) is 3. The van der Waals surface area contributed by atoms with Crippen LogP contribution in [0.5, 0.6) is 0 Å². The van der Waals surface area contributed by atoms with Gasteiger partial charge in [-0.25, -0.2) is 4.98 Å². The molecule has 2 heterocycles. The van der Waals surface area contributed by atoms with Crippen LogP contribution in [0.15, 0.2) is 42.6 Å². The van der Waals surface area contributed by atoms with Gasteiger partial charge in [0.1, 0.15) is 5.69 Å². The fourth-order valence-corrected chi connectivity index (χ4v) is 2.35. The van der Waals surface area contributed by atoms with Gasteiger partial charge >= 0.3 is 0 Å². The lowest BCUT2D eigenvalue weighted by Gasteiger charge is -2.07. The van der Waals surface area contributed by atoms with E-state index in [1.165, 1.54) is 12.3 Å². The first-order valence-corrected chi connectivity index (χ1v) is 6.95. The van der Waals surface area contributed by atoms with E-state index in [-0.39, 0.29) is 11.6 Å². The summed E-state index contributed by atoms with van der Waals surface area (Å²) in [4.78, 5) is 20.7. The molecule has 1 aromatic carbocycles. The zero-order valence-electron chi connectivity index (χ0n) is 11.4. The standard InChI is InChI=1S/C15H13ClN4O/c1-2-20-13-6-4-3-5-11(13)18-15(20)19-14(21)12-9-10(16)7-8-17-12/h3-9H,2H2,1H3,(H,18,19,21). The zero-order valence-corrected chi connectivity index (χ0v) is 12.1. The van der Waals surface area contributed by atoms with Crippen LogP contribution in [0.25, 0.3) is 11.0 Å². The molecule has 106 valence electrons. The van der Waals surface area contributed by atoms with Gasteiger partial charge in [-0.15, -0.1) is 0 Å². The average Bonchev–Trinajstić information content (AvgIpc) is 2.84. The maximum Gasteiger partial charge on any atom is 0.276 e. The first kappa shape index (κ1) is 13.6. The molecule has 1 N–H and O–H groups in total. The van der Waals surface area contributed by atoms with Crippen molar-refractivity contribution in [1.29, 1.82) is 0 Å². The van der Waals surface area contributed by atoms with Gasteiger partial charge in [-0.3, -0.25) is 15.1 Å². The van der Waals surface area contributed by atoms with E-state index >= 15 is 0 Å². The highest BCUT2D eigenvalue weighted by molar-refractivity contribution is 6.30. The number of fused-ring (bicyclic) bond motifs is 1. The van der Waals surface area contributed by atoms with E-state index in [9.17, 15) is 4.79 Å². The summed E-state index contributed by atoms with van der Waals surface area (Å²) in [6.07, 6.45) is 1.50. The number of anilines is 1. The number of aromatic nitrogens is 3. The third kappa shape index (κ3) is 2.60. The van der Waals surface area contributed by atoms with Crippen molar-refractivity contribution in [2.24, 2.45) is 0 Å². The van der Waals surface area contributed by atoms with Gasteiger partial charge in [0, 0.05) is 17.8 Å². The van der Waals surface area contributed by atoms with Crippen LogP contribution in [-0.2, 0) is 6.54 Å². The summed E-state index contributed by atoms with van der Waals surface area (Å²) in [6, 6.07) is 10.9. The maximum absolute atomic E-state index is 12.2. The van der Waals surface area contributed by atoms with E-state index in [2.05, 4.69) is 15.3 Å². The van der Waals surface area contributed by atoms with Crippen molar-refractivity contribution in [3.05, 3.63) is 53.3 Å². The number of halogens is 1. The van der Waals surface area contributed by atoms with E-state index in [0.717, 1.165) is 11.0 Å². The number of amides is 1. The van der Waals surface area contributed by atoms with Gasteiger partial charge < -0.3 is 4.57 Å². The van der Waals surface area contributed by atoms with Gasteiger partial charge in [0.2, 0.25) is 5.95 Å². The number of rotatable bonds is 3. The minimum Gasteiger partial charge on any atom is -0.310 e. The molecule has 0 bridgehead atoms. The molecule has 6 heteroatoms. The highest BCUT2D eigenvalue weighted by Gasteiger charge is 2.14. The molecule has 0 spiro atoms. The third-order valence-corrected chi connectivity index (χ3v) is 3.39. The SMILES string of the molecule is CCn1c(NC(=O)c2cc(Cl)ccn2)nc2ccccc21. The quantitative estimate of drug-likeness (QED) is 0.807. The van der Waals surface area contributed by atoms with Crippen LogP contribution in [0.3, 0.4) is 0 Å². The summed E-state index contributed by atoms with van der Waals surface area (Å²) in [5.41, 5.74) is 2.08. The number of carbonyl (C=O) groups excluding carboxylic acids is 1. The fourth-order valence-electron chi connectivity index (χ4n) is 2.19.